The Morgan fingerprint density at radius 3 is 2.60 bits per heavy atom. The summed E-state index contributed by atoms with van der Waals surface area (Å²) in [4.78, 5) is 24.1. The molecule has 2 fully saturated rings. The van der Waals surface area contributed by atoms with Gasteiger partial charge in [0.05, 0.1) is 5.69 Å². The van der Waals surface area contributed by atoms with Crippen molar-refractivity contribution in [2.75, 3.05) is 42.5 Å². The van der Waals surface area contributed by atoms with Crippen LogP contribution in [0.15, 0.2) is 48.7 Å². The third kappa shape index (κ3) is 4.44. The number of aromatic amines is 1. The van der Waals surface area contributed by atoms with Gasteiger partial charge >= 0.3 is 0 Å². The third-order valence-corrected chi connectivity index (χ3v) is 8.36. The normalized spacial score (nSPS) is 21.9. The first-order valence-corrected chi connectivity index (χ1v) is 13.3. The summed E-state index contributed by atoms with van der Waals surface area (Å²) in [5.74, 6) is 0.0524. The smallest absolute Gasteiger partial charge is 0.230 e. The van der Waals surface area contributed by atoms with Gasteiger partial charge in [-0.2, -0.15) is 0 Å². The second kappa shape index (κ2) is 9.65. The molecule has 1 aliphatic carbocycles. The summed E-state index contributed by atoms with van der Waals surface area (Å²) in [5, 5.41) is 1.27. The van der Waals surface area contributed by atoms with Crippen molar-refractivity contribution in [3.8, 4) is 0 Å². The maximum absolute atomic E-state index is 14.3. The summed E-state index contributed by atoms with van der Waals surface area (Å²) in [5.41, 5.74) is 4.39. The zero-order valence-electron chi connectivity index (χ0n) is 20.4. The molecule has 6 heteroatoms. The molecule has 3 aromatic rings. The molecule has 1 atom stereocenters. The van der Waals surface area contributed by atoms with Crippen LogP contribution < -0.4 is 9.80 Å². The highest BCUT2D eigenvalue weighted by atomic mass is 19.1. The van der Waals surface area contributed by atoms with Gasteiger partial charge in [-0.1, -0.05) is 31.4 Å². The van der Waals surface area contributed by atoms with Gasteiger partial charge in [0.2, 0.25) is 5.91 Å². The lowest BCUT2D eigenvalue weighted by molar-refractivity contribution is -0.124. The first-order chi connectivity index (χ1) is 17.2. The van der Waals surface area contributed by atoms with E-state index in [1.54, 1.807) is 6.07 Å². The van der Waals surface area contributed by atoms with Gasteiger partial charge in [0.15, 0.2) is 0 Å². The van der Waals surface area contributed by atoms with Crippen molar-refractivity contribution < 1.29 is 9.18 Å². The molecule has 184 valence electrons. The van der Waals surface area contributed by atoms with E-state index in [4.69, 9.17) is 0 Å². The van der Waals surface area contributed by atoms with Crippen molar-refractivity contribution in [2.45, 2.75) is 51.0 Å². The summed E-state index contributed by atoms with van der Waals surface area (Å²) in [6.45, 7) is 4.74. The van der Waals surface area contributed by atoms with Crippen LogP contribution in [0.25, 0.3) is 10.9 Å². The van der Waals surface area contributed by atoms with Crippen LogP contribution in [0.4, 0.5) is 15.8 Å². The minimum Gasteiger partial charge on any atom is -0.368 e. The zero-order valence-corrected chi connectivity index (χ0v) is 20.4. The topological polar surface area (TPSA) is 42.6 Å². The number of hydrogen-bond acceptors (Lipinski definition) is 3. The van der Waals surface area contributed by atoms with Crippen LogP contribution >= 0.6 is 0 Å². The fourth-order valence-corrected chi connectivity index (χ4v) is 6.45. The number of piperazine rings is 1. The maximum atomic E-state index is 14.3. The van der Waals surface area contributed by atoms with Crippen LogP contribution in [0, 0.1) is 11.7 Å². The fourth-order valence-electron chi connectivity index (χ4n) is 6.45. The highest BCUT2D eigenvalue weighted by molar-refractivity contribution is 5.97. The number of fused-ring (bicyclic) bond motifs is 2. The Balaban J connectivity index is 1.18. The predicted molar refractivity (Wildman–Crippen MR) is 140 cm³/mol. The molecule has 1 unspecified atom stereocenters. The molecule has 35 heavy (non-hydrogen) atoms. The third-order valence-electron chi connectivity index (χ3n) is 8.36. The van der Waals surface area contributed by atoms with E-state index < -0.39 is 0 Å². The highest BCUT2D eigenvalue weighted by Gasteiger charge is 2.36. The number of carbonyl (C=O) groups excluding carboxylic acids is 1. The fraction of sp³-hybridized carbons (Fsp3) is 0.483. The van der Waals surface area contributed by atoms with Gasteiger partial charge in [-0.05, 0) is 61.6 Å². The van der Waals surface area contributed by atoms with Gasteiger partial charge in [0.25, 0.3) is 0 Å². The van der Waals surface area contributed by atoms with Crippen LogP contribution in [0.5, 0.6) is 0 Å². The Bertz CT molecular complexity index is 1190. The Kier molecular flexibility index (Phi) is 6.23. The molecule has 5 nitrogen and oxygen atoms in total. The van der Waals surface area contributed by atoms with E-state index in [0.29, 0.717) is 0 Å². The Labute approximate surface area is 206 Å². The number of aromatic nitrogens is 1. The zero-order chi connectivity index (χ0) is 23.8. The predicted octanol–water partition coefficient (Wildman–Crippen LogP) is 5.36. The summed E-state index contributed by atoms with van der Waals surface area (Å²) in [6.07, 6.45) is 9.27. The van der Waals surface area contributed by atoms with Gasteiger partial charge < -0.3 is 14.8 Å². The Morgan fingerprint density at radius 2 is 1.77 bits per heavy atom. The molecule has 3 heterocycles. The molecular formula is C29H35FN4O. The van der Waals surface area contributed by atoms with Crippen molar-refractivity contribution in [3.05, 3.63) is 60.0 Å². The summed E-state index contributed by atoms with van der Waals surface area (Å²) < 4.78 is 14.3. The first kappa shape index (κ1) is 22.6. The molecule has 0 spiro atoms. The Hall–Kier alpha value is -2.86. The van der Waals surface area contributed by atoms with E-state index in [-0.39, 0.29) is 23.7 Å². The van der Waals surface area contributed by atoms with Crippen molar-refractivity contribution >= 4 is 28.2 Å². The maximum Gasteiger partial charge on any atom is 0.230 e. The number of carbonyl (C=O) groups is 1. The van der Waals surface area contributed by atoms with E-state index in [1.165, 1.54) is 29.1 Å². The van der Waals surface area contributed by atoms with Crippen molar-refractivity contribution in [1.82, 2.24) is 9.88 Å². The lowest BCUT2D eigenvalue weighted by Crippen LogP contribution is -2.55. The van der Waals surface area contributed by atoms with Crippen LogP contribution in [0.1, 0.15) is 44.1 Å². The first-order valence-electron chi connectivity index (χ1n) is 13.3. The standard InChI is InChI=1S/C29H35FN4O/c30-23-11-9-21-10-12-24(34(28(21)19-23)29(35)22-5-2-1-3-6-22)20-32-15-17-33(18-16-32)27-8-4-7-26-25(27)13-14-31-26/h4,7-9,11,13-14,19,22,24,31H,1-3,5-6,10,12,15-18,20H2. The van der Waals surface area contributed by atoms with Crippen molar-refractivity contribution in [1.29, 1.82) is 0 Å². The second-order valence-electron chi connectivity index (χ2n) is 10.5. The summed E-state index contributed by atoms with van der Waals surface area (Å²) >= 11 is 0. The highest BCUT2D eigenvalue weighted by Crippen LogP contribution is 2.36. The van der Waals surface area contributed by atoms with E-state index in [9.17, 15) is 9.18 Å². The number of nitrogens with one attached hydrogen (secondary N) is 1. The average molecular weight is 475 g/mol. The van der Waals surface area contributed by atoms with Gasteiger partial charge in [-0.25, -0.2) is 4.39 Å². The largest absolute Gasteiger partial charge is 0.368 e. The number of nitrogens with zero attached hydrogens (tertiary/aromatic N) is 3. The molecule has 2 aliphatic heterocycles. The van der Waals surface area contributed by atoms with Gasteiger partial charge in [0.1, 0.15) is 5.82 Å². The number of benzene rings is 2. The molecule has 1 aromatic heterocycles. The lowest BCUT2D eigenvalue weighted by atomic mass is 9.86. The number of amides is 1. The minimum atomic E-state index is -0.251. The van der Waals surface area contributed by atoms with Gasteiger partial charge in [-0.3, -0.25) is 9.69 Å². The SMILES string of the molecule is O=C(C1CCCCC1)N1c2cc(F)ccc2CCC1CN1CCN(c2cccc3[nH]ccc23)CC1. The Morgan fingerprint density at radius 1 is 0.943 bits per heavy atom. The average Bonchev–Trinajstić information content (AvgIpc) is 3.38. The van der Waals surface area contributed by atoms with E-state index in [1.807, 2.05) is 17.2 Å². The van der Waals surface area contributed by atoms with Gasteiger partial charge in [0, 0.05) is 67.5 Å². The number of hydrogen-bond donors (Lipinski definition) is 1. The molecule has 1 saturated heterocycles. The quantitative estimate of drug-likeness (QED) is 0.554. The molecule has 3 aliphatic rings. The number of rotatable bonds is 4. The van der Waals surface area contributed by atoms with Crippen LogP contribution in [-0.4, -0.2) is 54.6 Å². The van der Waals surface area contributed by atoms with Crippen molar-refractivity contribution in [3.63, 3.8) is 0 Å². The van der Waals surface area contributed by atoms with Crippen molar-refractivity contribution in [2.24, 2.45) is 5.92 Å². The molecule has 1 saturated carbocycles. The van der Waals surface area contributed by atoms with Gasteiger partial charge in [-0.15, -0.1) is 0 Å². The number of aryl methyl sites for hydroxylation is 1. The molecule has 1 N–H and O–H groups in total. The number of anilines is 2. The second-order valence-corrected chi connectivity index (χ2v) is 10.5. The molecule has 2 aromatic carbocycles. The lowest BCUT2D eigenvalue weighted by Gasteiger charge is -2.44. The monoisotopic (exact) mass is 474 g/mol. The van der Waals surface area contributed by atoms with E-state index in [2.05, 4.69) is 39.0 Å². The summed E-state index contributed by atoms with van der Waals surface area (Å²) in [7, 11) is 0. The molecule has 0 radical (unpaired) electrons. The number of H-pyrrole nitrogens is 1. The molecule has 1 amide bonds. The van der Waals surface area contributed by atoms with E-state index >= 15 is 0 Å². The molecule has 6 rings (SSSR count). The van der Waals surface area contributed by atoms with E-state index in [0.717, 1.165) is 82.5 Å². The molecular weight excluding hydrogens is 439 g/mol. The molecule has 0 bridgehead atoms. The minimum absolute atomic E-state index is 0.0826. The summed E-state index contributed by atoms with van der Waals surface area (Å²) in [6, 6.07) is 13.7. The van der Waals surface area contributed by atoms with Crippen LogP contribution in [0.2, 0.25) is 0 Å². The van der Waals surface area contributed by atoms with Crippen LogP contribution in [-0.2, 0) is 11.2 Å². The van der Waals surface area contributed by atoms with Crippen LogP contribution in [0.3, 0.4) is 0 Å². The number of halogens is 1.